The Balaban J connectivity index is 1.74. The number of nitrogens with two attached hydrogens (primary N) is 1. The standard InChI is InChI=1S/C16H26N2O/c1-16(2,17)8-4-9-18-12-13-6-7-15-14(11-13)5-3-10-19-15/h6-7,11,18H,3-5,8-10,12,17H2,1-2H3. The van der Waals surface area contributed by atoms with Crippen molar-refractivity contribution in [1.82, 2.24) is 5.32 Å². The van der Waals surface area contributed by atoms with Crippen LogP contribution in [-0.2, 0) is 13.0 Å². The number of hydrogen-bond donors (Lipinski definition) is 2. The van der Waals surface area contributed by atoms with Crippen molar-refractivity contribution in [1.29, 1.82) is 0 Å². The Bertz CT molecular complexity index is 410. The number of rotatable bonds is 6. The number of ether oxygens (including phenoxy) is 1. The van der Waals surface area contributed by atoms with Gasteiger partial charge in [-0.05, 0) is 63.3 Å². The SMILES string of the molecule is CC(C)(N)CCCNCc1ccc2c(c1)CCCO2. The summed E-state index contributed by atoms with van der Waals surface area (Å²) in [6.45, 7) is 6.97. The average Bonchev–Trinajstić information content (AvgIpc) is 2.37. The summed E-state index contributed by atoms with van der Waals surface area (Å²) in [5.41, 5.74) is 8.61. The first-order valence-electron chi connectivity index (χ1n) is 7.29. The molecule has 1 aliphatic heterocycles. The summed E-state index contributed by atoms with van der Waals surface area (Å²) in [5, 5.41) is 3.48. The monoisotopic (exact) mass is 262 g/mol. The molecule has 1 aliphatic rings. The van der Waals surface area contributed by atoms with E-state index in [1.54, 1.807) is 0 Å². The van der Waals surface area contributed by atoms with Crippen LogP contribution in [0.15, 0.2) is 18.2 Å². The van der Waals surface area contributed by atoms with Crippen molar-refractivity contribution in [3.8, 4) is 5.75 Å². The Morgan fingerprint density at radius 1 is 1.37 bits per heavy atom. The van der Waals surface area contributed by atoms with Gasteiger partial charge in [0.1, 0.15) is 5.75 Å². The highest BCUT2D eigenvalue weighted by molar-refractivity contribution is 5.38. The minimum atomic E-state index is -0.0508. The Kier molecular flexibility index (Phi) is 4.83. The zero-order valence-electron chi connectivity index (χ0n) is 12.2. The minimum absolute atomic E-state index is 0.0508. The molecule has 0 radical (unpaired) electrons. The van der Waals surface area contributed by atoms with Crippen LogP contribution in [0.3, 0.4) is 0 Å². The Labute approximate surface area is 116 Å². The van der Waals surface area contributed by atoms with Crippen LogP contribution in [0.1, 0.15) is 44.2 Å². The number of fused-ring (bicyclic) bond motifs is 1. The van der Waals surface area contributed by atoms with Crippen molar-refractivity contribution in [2.24, 2.45) is 5.73 Å². The molecule has 0 fully saturated rings. The van der Waals surface area contributed by atoms with E-state index in [-0.39, 0.29) is 5.54 Å². The molecule has 0 saturated carbocycles. The number of aryl methyl sites for hydroxylation is 1. The summed E-state index contributed by atoms with van der Waals surface area (Å²) in [4.78, 5) is 0. The molecular weight excluding hydrogens is 236 g/mol. The van der Waals surface area contributed by atoms with Gasteiger partial charge in [-0.3, -0.25) is 0 Å². The summed E-state index contributed by atoms with van der Waals surface area (Å²) in [7, 11) is 0. The molecule has 0 atom stereocenters. The zero-order chi connectivity index (χ0) is 13.7. The lowest BCUT2D eigenvalue weighted by atomic mass is 10.0. The summed E-state index contributed by atoms with van der Waals surface area (Å²) in [5.74, 6) is 1.07. The summed E-state index contributed by atoms with van der Waals surface area (Å²) >= 11 is 0. The smallest absolute Gasteiger partial charge is 0.122 e. The van der Waals surface area contributed by atoms with Gasteiger partial charge in [-0.1, -0.05) is 12.1 Å². The van der Waals surface area contributed by atoms with E-state index >= 15 is 0 Å². The molecule has 106 valence electrons. The minimum Gasteiger partial charge on any atom is -0.493 e. The molecule has 0 aliphatic carbocycles. The maximum Gasteiger partial charge on any atom is 0.122 e. The van der Waals surface area contributed by atoms with E-state index in [4.69, 9.17) is 10.5 Å². The van der Waals surface area contributed by atoms with Crippen LogP contribution < -0.4 is 15.8 Å². The van der Waals surface area contributed by atoms with Crippen LogP contribution in [0.2, 0.25) is 0 Å². The molecule has 2 rings (SSSR count). The van der Waals surface area contributed by atoms with Gasteiger partial charge in [0.25, 0.3) is 0 Å². The van der Waals surface area contributed by atoms with Crippen LogP contribution in [0.5, 0.6) is 5.75 Å². The van der Waals surface area contributed by atoms with Gasteiger partial charge in [-0.25, -0.2) is 0 Å². The highest BCUT2D eigenvalue weighted by Crippen LogP contribution is 2.25. The summed E-state index contributed by atoms with van der Waals surface area (Å²) < 4.78 is 5.62. The molecule has 0 bridgehead atoms. The van der Waals surface area contributed by atoms with Crippen molar-refractivity contribution in [2.75, 3.05) is 13.2 Å². The van der Waals surface area contributed by atoms with E-state index in [9.17, 15) is 0 Å². The lowest BCUT2D eigenvalue weighted by Gasteiger charge is -2.19. The van der Waals surface area contributed by atoms with Crippen LogP contribution in [0, 0.1) is 0 Å². The number of nitrogens with one attached hydrogen (secondary N) is 1. The third-order valence-electron chi connectivity index (χ3n) is 3.48. The highest BCUT2D eigenvalue weighted by Gasteiger charge is 2.11. The first-order valence-corrected chi connectivity index (χ1v) is 7.29. The van der Waals surface area contributed by atoms with E-state index in [1.807, 2.05) is 0 Å². The molecule has 0 aromatic heterocycles. The molecule has 3 nitrogen and oxygen atoms in total. The van der Waals surface area contributed by atoms with Gasteiger partial charge in [0.15, 0.2) is 0 Å². The van der Waals surface area contributed by atoms with Crippen LogP contribution >= 0.6 is 0 Å². The fraction of sp³-hybridized carbons (Fsp3) is 0.625. The Hall–Kier alpha value is -1.06. The first kappa shape index (κ1) is 14.4. The molecule has 1 heterocycles. The van der Waals surface area contributed by atoms with E-state index in [1.165, 1.54) is 11.1 Å². The summed E-state index contributed by atoms with van der Waals surface area (Å²) in [6.07, 6.45) is 4.45. The fourth-order valence-corrected chi connectivity index (χ4v) is 2.43. The van der Waals surface area contributed by atoms with Crippen molar-refractivity contribution < 1.29 is 4.74 Å². The van der Waals surface area contributed by atoms with Crippen LogP contribution in [0.25, 0.3) is 0 Å². The molecule has 0 saturated heterocycles. The number of hydrogen-bond acceptors (Lipinski definition) is 3. The Morgan fingerprint density at radius 3 is 3.00 bits per heavy atom. The van der Waals surface area contributed by atoms with Gasteiger partial charge < -0.3 is 15.8 Å². The van der Waals surface area contributed by atoms with Crippen LogP contribution in [-0.4, -0.2) is 18.7 Å². The molecule has 0 spiro atoms. The largest absolute Gasteiger partial charge is 0.493 e. The molecule has 1 aromatic carbocycles. The second kappa shape index (κ2) is 6.40. The van der Waals surface area contributed by atoms with Gasteiger partial charge >= 0.3 is 0 Å². The van der Waals surface area contributed by atoms with E-state index in [2.05, 4.69) is 37.4 Å². The third-order valence-corrected chi connectivity index (χ3v) is 3.48. The number of benzene rings is 1. The lowest BCUT2D eigenvalue weighted by molar-refractivity contribution is 0.288. The van der Waals surface area contributed by atoms with Gasteiger partial charge in [-0.15, -0.1) is 0 Å². The van der Waals surface area contributed by atoms with E-state index in [0.29, 0.717) is 0 Å². The zero-order valence-corrected chi connectivity index (χ0v) is 12.2. The predicted molar refractivity (Wildman–Crippen MR) is 79.5 cm³/mol. The normalized spacial score (nSPS) is 14.9. The molecule has 3 N–H and O–H groups in total. The van der Waals surface area contributed by atoms with Gasteiger partial charge in [-0.2, -0.15) is 0 Å². The van der Waals surface area contributed by atoms with Crippen molar-refractivity contribution in [2.45, 2.75) is 51.6 Å². The Morgan fingerprint density at radius 2 is 2.21 bits per heavy atom. The molecular formula is C16H26N2O. The van der Waals surface area contributed by atoms with Gasteiger partial charge in [0, 0.05) is 12.1 Å². The van der Waals surface area contributed by atoms with E-state index < -0.39 is 0 Å². The quantitative estimate of drug-likeness (QED) is 0.775. The van der Waals surface area contributed by atoms with Crippen LogP contribution in [0.4, 0.5) is 0 Å². The highest BCUT2D eigenvalue weighted by atomic mass is 16.5. The maximum absolute atomic E-state index is 5.96. The molecule has 0 unspecified atom stereocenters. The second-order valence-corrected chi connectivity index (χ2v) is 6.16. The molecule has 1 aromatic rings. The maximum atomic E-state index is 5.96. The van der Waals surface area contributed by atoms with Crippen molar-refractivity contribution in [3.63, 3.8) is 0 Å². The lowest BCUT2D eigenvalue weighted by Crippen LogP contribution is -2.32. The van der Waals surface area contributed by atoms with Crippen molar-refractivity contribution >= 4 is 0 Å². The van der Waals surface area contributed by atoms with Gasteiger partial charge in [0.05, 0.1) is 6.61 Å². The first-order chi connectivity index (χ1) is 9.04. The predicted octanol–water partition coefficient (Wildman–Crippen LogP) is 2.62. The topological polar surface area (TPSA) is 47.3 Å². The average molecular weight is 262 g/mol. The van der Waals surface area contributed by atoms with E-state index in [0.717, 1.165) is 51.1 Å². The third kappa shape index (κ3) is 4.84. The molecule has 3 heteroatoms. The molecule has 0 amide bonds. The molecule has 19 heavy (non-hydrogen) atoms. The fourth-order valence-electron chi connectivity index (χ4n) is 2.43. The van der Waals surface area contributed by atoms with Crippen molar-refractivity contribution in [3.05, 3.63) is 29.3 Å². The van der Waals surface area contributed by atoms with Gasteiger partial charge in [0.2, 0.25) is 0 Å². The summed E-state index contributed by atoms with van der Waals surface area (Å²) in [6, 6.07) is 6.53. The second-order valence-electron chi connectivity index (χ2n) is 6.16.